The lowest BCUT2D eigenvalue weighted by Crippen LogP contribution is -2.09. The van der Waals surface area contributed by atoms with Gasteiger partial charge in [-0.25, -0.2) is 0 Å². The molecule has 6 rings (SSSR count). The third-order valence-corrected chi connectivity index (χ3v) is 8.15. The number of benzene rings is 6. The third kappa shape index (κ3) is 5.55. The molecule has 0 aromatic heterocycles. The van der Waals surface area contributed by atoms with E-state index in [1.807, 2.05) is 0 Å². The molecule has 0 saturated carbocycles. The highest BCUT2D eigenvalue weighted by Crippen LogP contribution is 2.39. The largest absolute Gasteiger partial charge is 0.310 e. The van der Waals surface area contributed by atoms with Crippen LogP contribution in [0.5, 0.6) is 0 Å². The Kier molecular flexibility index (Phi) is 7.83. The van der Waals surface area contributed by atoms with Crippen LogP contribution in [0.25, 0.3) is 27.5 Å². The first-order valence-corrected chi connectivity index (χ1v) is 14.5. The summed E-state index contributed by atoms with van der Waals surface area (Å²) in [5.74, 6) is 0. The fourth-order valence-electron chi connectivity index (χ4n) is 5.76. The molecule has 204 valence electrons. The number of hydrogen-bond donors (Lipinski definition) is 0. The first-order valence-electron chi connectivity index (χ1n) is 14.5. The Morgan fingerprint density at radius 1 is 0.381 bits per heavy atom. The van der Waals surface area contributed by atoms with Gasteiger partial charge in [0.1, 0.15) is 0 Å². The van der Waals surface area contributed by atoms with Crippen LogP contribution in [0, 0.1) is 0 Å². The van der Waals surface area contributed by atoms with Crippen molar-refractivity contribution >= 4 is 44.6 Å². The van der Waals surface area contributed by atoms with E-state index in [1.54, 1.807) is 0 Å². The average molecular weight is 542 g/mol. The molecule has 0 atom stereocenters. The minimum Gasteiger partial charge on any atom is -0.310 e. The van der Waals surface area contributed by atoms with E-state index in [1.165, 1.54) is 49.8 Å². The van der Waals surface area contributed by atoms with Crippen molar-refractivity contribution < 1.29 is 0 Å². The molecule has 0 N–H and O–H groups in total. The standard InChI is InChI=1S/C41H35N/c1-30(33-15-7-4-8-16-33)31(2)41(32(3)34-17-9-5-10-18-34)36-24-26-39(27-25-36)42(38-21-11-6-12-22-38)40-28-23-35-19-13-14-20-37(35)29-40/h4-29H,1-3H3. The summed E-state index contributed by atoms with van der Waals surface area (Å²) in [7, 11) is 0. The summed E-state index contributed by atoms with van der Waals surface area (Å²) in [6.07, 6.45) is 0. The van der Waals surface area contributed by atoms with E-state index in [4.69, 9.17) is 0 Å². The van der Waals surface area contributed by atoms with Gasteiger partial charge in [0.05, 0.1) is 0 Å². The molecule has 0 unspecified atom stereocenters. The van der Waals surface area contributed by atoms with Gasteiger partial charge < -0.3 is 4.90 Å². The molecule has 0 saturated heterocycles. The maximum Gasteiger partial charge on any atom is 0.0468 e. The van der Waals surface area contributed by atoms with Gasteiger partial charge in [-0.05, 0) is 107 Å². The molecule has 0 spiro atoms. The van der Waals surface area contributed by atoms with Crippen LogP contribution in [0.3, 0.4) is 0 Å². The number of hydrogen-bond acceptors (Lipinski definition) is 1. The Hall–Kier alpha value is -5.14. The van der Waals surface area contributed by atoms with E-state index >= 15 is 0 Å². The van der Waals surface area contributed by atoms with E-state index < -0.39 is 0 Å². The molecule has 0 amide bonds. The van der Waals surface area contributed by atoms with Crippen LogP contribution >= 0.6 is 0 Å². The summed E-state index contributed by atoms with van der Waals surface area (Å²) in [6, 6.07) is 56.3. The summed E-state index contributed by atoms with van der Waals surface area (Å²) in [5.41, 5.74) is 12.2. The first kappa shape index (κ1) is 27.1. The van der Waals surface area contributed by atoms with Crippen LogP contribution in [0.15, 0.2) is 163 Å². The van der Waals surface area contributed by atoms with E-state index in [0.29, 0.717) is 0 Å². The molecule has 0 bridgehead atoms. The van der Waals surface area contributed by atoms with Crippen LogP contribution in [0.1, 0.15) is 37.5 Å². The SMILES string of the molecule is CC(=C(C)c1ccccc1)C(=C(C)c1ccccc1)c1ccc(N(c2ccccc2)c2ccc3ccccc3c2)cc1. The zero-order chi connectivity index (χ0) is 28.9. The summed E-state index contributed by atoms with van der Waals surface area (Å²) in [6.45, 7) is 6.73. The van der Waals surface area contributed by atoms with Gasteiger partial charge in [-0.15, -0.1) is 0 Å². The molecule has 0 aliphatic carbocycles. The van der Waals surface area contributed by atoms with Gasteiger partial charge in [0, 0.05) is 17.1 Å². The number of para-hydroxylation sites is 1. The maximum absolute atomic E-state index is 2.33. The number of allylic oxidation sites excluding steroid dienone is 4. The smallest absolute Gasteiger partial charge is 0.0468 e. The second kappa shape index (κ2) is 12.2. The summed E-state index contributed by atoms with van der Waals surface area (Å²) in [4.78, 5) is 2.33. The van der Waals surface area contributed by atoms with Crippen molar-refractivity contribution in [2.24, 2.45) is 0 Å². The average Bonchev–Trinajstić information content (AvgIpc) is 3.06. The maximum atomic E-state index is 2.33. The molecule has 6 aromatic rings. The second-order valence-electron chi connectivity index (χ2n) is 10.7. The molecular weight excluding hydrogens is 506 g/mol. The van der Waals surface area contributed by atoms with Crippen LogP contribution in [0.4, 0.5) is 17.1 Å². The van der Waals surface area contributed by atoms with Gasteiger partial charge in [0.2, 0.25) is 0 Å². The molecule has 42 heavy (non-hydrogen) atoms. The molecule has 1 nitrogen and oxygen atoms in total. The molecule has 6 aromatic carbocycles. The van der Waals surface area contributed by atoms with Gasteiger partial charge >= 0.3 is 0 Å². The summed E-state index contributed by atoms with van der Waals surface area (Å²) in [5, 5.41) is 2.47. The Morgan fingerprint density at radius 3 is 1.48 bits per heavy atom. The molecule has 0 heterocycles. The van der Waals surface area contributed by atoms with Crippen molar-refractivity contribution in [1.29, 1.82) is 0 Å². The van der Waals surface area contributed by atoms with Gasteiger partial charge in [0.25, 0.3) is 0 Å². The fourth-order valence-corrected chi connectivity index (χ4v) is 5.76. The van der Waals surface area contributed by atoms with Crippen LogP contribution in [-0.4, -0.2) is 0 Å². The van der Waals surface area contributed by atoms with Crippen molar-refractivity contribution in [1.82, 2.24) is 0 Å². The van der Waals surface area contributed by atoms with E-state index in [0.717, 1.165) is 17.1 Å². The summed E-state index contributed by atoms with van der Waals surface area (Å²) >= 11 is 0. The zero-order valence-corrected chi connectivity index (χ0v) is 24.5. The van der Waals surface area contributed by atoms with Gasteiger partial charge in [-0.2, -0.15) is 0 Å². The first-order chi connectivity index (χ1) is 20.6. The van der Waals surface area contributed by atoms with Crippen molar-refractivity contribution in [3.8, 4) is 0 Å². The molecular formula is C41H35N. The normalized spacial score (nSPS) is 12.5. The van der Waals surface area contributed by atoms with E-state index in [9.17, 15) is 0 Å². The zero-order valence-electron chi connectivity index (χ0n) is 24.5. The molecule has 1 heteroatoms. The predicted octanol–water partition coefficient (Wildman–Crippen LogP) is 11.7. The quantitative estimate of drug-likeness (QED) is 0.143. The molecule has 0 fully saturated rings. The minimum atomic E-state index is 1.12. The number of anilines is 3. The number of nitrogens with zero attached hydrogens (tertiary/aromatic N) is 1. The van der Waals surface area contributed by atoms with Crippen molar-refractivity contribution in [3.05, 3.63) is 180 Å². The Bertz CT molecular complexity index is 1860. The van der Waals surface area contributed by atoms with Crippen molar-refractivity contribution in [2.75, 3.05) is 4.90 Å². The fraction of sp³-hybridized carbons (Fsp3) is 0.0732. The van der Waals surface area contributed by atoms with Crippen LogP contribution in [-0.2, 0) is 0 Å². The van der Waals surface area contributed by atoms with Crippen molar-refractivity contribution in [2.45, 2.75) is 20.8 Å². The monoisotopic (exact) mass is 541 g/mol. The highest BCUT2D eigenvalue weighted by Gasteiger charge is 2.16. The lowest BCUT2D eigenvalue weighted by Gasteiger charge is -2.26. The van der Waals surface area contributed by atoms with Crippen molar-refractivity contribution in [3.63, 3.8) is 0 Å². The second-order valence-corrected chi connectivity index (χ2v) is 10.7. The van der Waals surface area contributed by atoms with E-state index in [2.05, 4.69) is 183 Å². The lowest BCUT2D eigenvalue weighted by molar-refractivity contribution is 1.28. The van der Waals surface area contributed by atoms with Gasteiger partial charge in [-0.1, -0.05) is 121 Å². The lowest BCUT2D eigenvalue weighted by atomic mass is 9.87. The topological polar surface area (TPSA) is 3.24 Å². The Morgan fingerprint density at radius 2 is 0.857 bits per heavy atom. The summed E-state index contributed by atoms with van der Waals surface area (Å²) < 4.78 is 0. The Labute approximate surface area is 249 Å². The number of rotatable bonds is 7. The molecule has 0 aliphatic heterocycles. The van der Waals surface area contributed by atoms with E-state index in [-0.39, 0.29) is 0 Å². The van der Waals surface area contributed by atoms with Crippen LogP contribution in [0.2, 0.25) is 0 Å². The predicted molar refractivity (Wildman–Crippen MR) is 182 cm³/mol. The highest BCUT2D eigenvalue weighted by molar-refractivity contribution is 6.01. The minimum absolute atomic E-state index is 1.12. The third-order valence-electron chi connectivity index (χ3n) is 8.15. The number of fused-ring (bicyclic) bond motifs is 1. The van der Waals surface area contributed by atoms with Gasteiger partial charge in [0.15, 0.2) is 0 Å². The molecule has 0 radical (unpaired) electrons. The van der Waals surface area contributed by atoms with Gasteiger partial charge in [-0.3, -0.25) is 0 Å². The molecule has 0 aliphatic rings. The highest BCUT2D eigenvalue weighted by atomic mass is 15.1. The van der Waals surface area contributed by atoms with Crippen LogP contribution < -0.4 is 4.90 Å². The Balaban J connectivity index is 1.48.